The van der Waals surface area contributed by atoms with Crippen molar-refractivity contribution in [3.8, 4) is 5.75 Å². The number of rotatable bonds is 11. The minimum atomic E-state index is -4.37. The highest BCUT2D eigenvalue weighted by Crippen LogP contribution is 2.62. The number of esters is 1. The third-order valence-electron chi connectivity index (χ3n) is 6.96. The maximum Gasteiger partial charge on any atom is 0.459 e. The van der Waals surface area contributed by atoms with Gasteiger partial charge in [-0.1, -0.05) is 18.2 Å². The number of anilines is 2. The van der Waals surface area contributed by atoms with Crippen LogP contribution < -0.4 is 20.7 Å². The summed E-state index contributed by atoms with van der Waals surface area (Å²) in [5.74, 6) is -0.129. The molecule has 2 aliphatic carbocycles. The Hall–Kier alpha value is -3.36. The molecule has 14 nitrogen and oxygen atoms in total. The van der Waals surface area contributed by atoms with Crippen molar-refractivity contribution in [1.29, 1.82) is 0 Å². The molecule has 3 aromatic rings. The number of ether oxygens (including phenoxy) is 2. The molecule has 5 N–H and O–H groups in total. The minimum Gasteiger partial charge on any atom is -0.462 e. The van der Waals surface area contributed by atoms with E-state index in [0.717, 1.165) is 12.8 Å². The molecule has 1 unspecified atom stereocenters. The van der Waals surface area contributed by atoms with Gasteiger partial charge in [0.15, 0.2) is 35.0 Å². The summed E-state index contributed by atoms with van der Waals surface area (Å²) in [6, 6.07) is 7.25. The quantitative estimate of drug-likeness (QED) is 0.188. The molecule has 0 amide bonds. The maximum absolute atomic E-state index is 15.9. The van der Waals surface area contributed by atoms with E-state index in [1.807, 2.05) is 0 Å². The number of nitrogens with two attached hydrogens (primary N) is 1. The summed E-state index contributed by atoms with van der Waals surface area (Å²) >= 11 is 0. The van der Waals surface area contributed by atoms with Crippen LogP contribution in [0.2, 0.25) is 0 Å². The Morgan fingerprint density at radius 1 is 1.27 bits per heavy atom. The first-order valence-corrected chi connectivity index (χ1v) is 14.8. The van der Waals surface area contributed by atoms with Crippen molar-refractivity contribution < 1.29 is 37.4 Å². The van der Waals surface area contributed by atoms with Gasteiger partial charge in [0.05, 0.1) is 12.4 Å². The molecule has 7 atom stereocenters. The van der Waals surface area contributed by atoms with Gasteiger partial charge >= 0.3 is 13.7 Å². The number of carbonyl (C=O) groups is 1. The average Bonchev–Trinajstić information content (AvgIpc) is 3.74. The van der Waals surface area contributed by atoms with Crippen LogP contribution in [0.5, 0.6) is 5.75 Å². The van der Waals surface area contributed by atoms with Gasteiger partial charge in [0.25, 0.3) is 0 Å². The van der Waals surface area contributed by atoms with Crippen LogP contribution in [0.3, 0.4) is 0 Å². The molecule has 2 saturated carbocycles. The summed E-state index contributed by atoms with van der Waals surface area (Å²) < 4.78 is 53.4. The smallest absolute Gasteiger partial charge is 0.459 e. The van der Waals surface area contributed by atoms with Gasteiger partial charge < -0.3 is 30.2 Å². The zero-order valence-corrected chi connectivity index (χ0v) is 23.4. The number of hydrogen-bond acceptors (Lipinski definition) is 12. The third kappa shape index (κ3) is 5.24. The Morgan fingerprint density at radius 2 is 2.00 bits per heavy atom. The first-order valence-electron chi connectivity index (χ1n) is 13.3. The van der Waals surface area contributed by atoms with Crippen LogP contribution >= 0.6 is 7.75 Å². The first kappa shape index (κ1) is 27.8. The minimum absolute atomic E-state index is 0.0314. The van der Waals surface area contributed by atoms with Gasteiger partial charge in [-0.15, -0.1) is 0 Å². The largest absolute Gasteiger partial charge is 0.462 e. The summed E-state index contributed by atoms with van der Waals surface area (Å²) in [6.07, 6.45) is -3.01. The van der Waals surface area contributed by atoms with E-state index >= 15 is 4.39 Å². The number of benzene rings is 1. The van der Waals surface area contributed by atoms with E-state index in [1.54, 1.807) is 32.0 Å². The van der Waals surface area contributed by atoms with E-state index in [-0.39, 0.29) is 23.4 Å². The zero-order chi connectivity index (χ0) is 29.1. The fourth-order valence-corrected chi connectivity index (χ4v) is 6.45. The monoisotopic (exact) mass is 591 g/mol. The zero-order valence-electron chi connectivity index (χ0n) is 22.5. The van der Waals surface area contributed by atoms with Crippen LogP contribution in [0.1, 0.15) is 39.8 Å². The van der Waals surface area contributed by atoms with E-state index in [9.17, 15) is 14.5 Å². The first-order chi connectivity index (χ1) is 19.5. The van der Waals surface area contributed by atoms with Crippen LogP contribution in [-0.2, 0) is 23.4 Å². The summed E-state index contributed by atoms with van der Waals surface area (Å²) in [4.78, 5) is 25.1. The fourth-order valence-electron chi connectivity index (χ4n) is 4.73. The van der Waals surface area contributed by atoms with Gasteiger partial charge in [-0.2, -0.15) is 15.1 Å². The van der Waals surface area contributed by atoms with Crippen LogP contribution in [0.25, 0.3) is 11.2 Å². The lowest BCUT2D eigenvalue weighted by Crippen LogP contribution is -2.38. The second-order valence-electron chi connectivity index (χ2n) is 10.7. The molecule has 1 saturated heterocycles. The number of aromatic nitrogens is 4. The Bertz CT molecular complexity index is 1510. The summed E-state index contributed by atoms with van der Waals surface area (Å²) in [6.45, 7) is 4.77. The number of hydrogen-bond donors (Lipinski definition) is 4. The van der Waals surface area contributed by atoms with Crippen LogP contribution in [0, 0.1) is 0 Å². The van der Waals surface area contributed by atoms with Gasteiger partial charge in [0.1, 0.15) is 24.0 Å². The molecule has 2 aromatic heterocycles. The lowest BCUT2D eigenvalue weighted by Gasteiger charge is -2.26. The summed E-state index contributed by atoms with van der Waals surface area (Å²) in [5, 5.41) is 17.0. The standard InChI is InChI=1S/C25H31FN7O7P/c1-12(2)37-23(34)13(3)32-41(36,39-15-7-5-4-6-8-15)40-19-18-25(19,35)17(26)22(38-18)33-11-28-16-20(29-14-9-10-14)30-24(27)31-21(16)33/h4-8,11-14,17-19,22,35H,9-10H2,1-3H3,(H,32,36)(H3,27,29,30,31)/t13-,17+,18+,19?,22+,25-,41-/m0/s1. The van der Waals surface area contributed by atoms with Crippen molar-refractivity contribution in [3.05, 3.63) is 36.7 Å². The van der Waals surface area contributed by atoms with Crippen molar-refractivity contribution in [1.82, 2.24) is 24.6 Å². The second-order valence-corrected chi connectivity index (χ2v) is 12.3. The van der Waals surface area contributed by atoms with Gasteiger partial charge in [0, 0.05) is 6.04 Å². The molecule has 3 fully saturated rings. The Kier molecular flexibility index (Phi) is 6.90. The third-order valence-corrected chi connectivity index (χ3v) is 8.62. The van der Waals surface area contributed by atoms with Crippen LogP contribution in [0.15, 0.2) is 36.7 Å². The predicted octanol–water partition coefficient (Wildman–Crippen LogP) is 2.46. The Balaban J connectivity index is 1.21. The molecule has 220 valence electrons. The number of nitrogen functional groups attached to an aromatic ring is 1. The van der Waals surface area contributed by atoms with E-state index < -0.39 is 56.1 Å². The van der Waals surface area contributed by atoms with Gasteiger partial charge in [0.2, 0.25) is 5.95 Å². The molecule has 1 aromatic carbocycles. The summed E-state index contributed by atoms with van der Waals surface area (Å²) in [7, 11) is -4.37. The molecule has 0 radical (unpaired) electrons. The lowest BCUT2D eigenvalue weighted by atomic mass is 10.2. The number of aliphatic hydroxyl groups is 1. The normalized spacial score (nSPS) is 29.1. The van der Waals surface area contributed by atoms with E-state index in [2.05, 4.69) is 25.4 Å². The number of nitrogens with one attached hydrogen (secondary N) is 2. The highest BCUT2D eigenvalue weighted by molar-refractivity contribution is 7.52. The number of nitrogens with zero attached hydrogens (tertiary/aromatic N) is 4. The Morgan fingerprint density at radius 3 is 2.63 bits per heavy atom. The van der Waals surface area contributed by atoms with Crippen LogP contribution in [0.4, 0.5) is 16.2 Å². The molecule has 16 heteroatoms. The second kappa shape index (κ2) is 10.2. The molecule has 1 aliphatic heterocycles. The van der Waals surface area contributed by atoms with Crippen molar-refractivity contribution in [2.75, 3.05) is 11.1 Å². The van der Waals surface area contributed by atoms with Crippen molar-refractivity contribution in [3.63, 3.8) is 0 Å². The van der Waals surface area contributed by atoms with E-state index in [1.165, 1.54) is 30.0 Å². The van der Waals surface area contributed by atoms with Crippen LogP contribution in [-0.4, -0.2) is 72.8 Å². The molecule has 0 bridgehead atoms. The number of carbonyl (C=O) groups excluding carboxylic acids is 1. The fraction of sp³-hybridized carbons (Fsp3) is 0.520. The maximum atomic E-state index is 15.9. The highest BCUT2D eigenvalue weighted by atomic mass is 31.2. The molecule has 6 rings (SSSR count). The molecule has 3 aliphatic rings. The van der Waals surface area contributed by atoms with Crippen molar-refractivity contribution in [2.45, 2.75) is 82.0 Å². The molecule has 41 heavy (non-hydrogen) atoms. The topological polar surface area (TPSA) is 185 Å². The number of halogens is 1. The number of alkyl halides is 1. The van der Waals surface area contributed by atoms with Gasteiger partial charge in [-0.05, 0) is 45.7 Å². The molecular weight excluding hydrogens is 560 g/mol. The molecule has 3 heterocycles. The van der Waals surface area contributed by atoms with Crippen molar-refractivity contribution >= 4 is 36.6 Å². The summed E-state index contributed by atoms with van der Waals surface area (Å²) in [5.41, 5.74) is 4.35. The van der Waals surface area contributed by atoms with Gasteiger partial charge in [-0.3, -0.25) is 13.9 Å². The number of para-hydroxylation sites is 1. The SMILES string of the molecule is CC(C)OC(=O)[C@H](C)N[P@](=O)(Oc1ccccc1)OC1[C@H]2O[C@@H](n3cnc4c(NC5CC5)nc(N)nc43)[C@@H](F)[C@@]12O. The average molecular weight is 592 g/mol. The van der Waals surface area contributed by atoms with Crippen molar-refractivity contribution in [2.24, 2.45) is 0 Å². The van der Waals surface area contributed by atoms with E-state index in [0.29, 0.717) is 11.3 Å². The Labute approximate surface area is 234 Å². The molecular formula is C25H31FN7O7P. The number of fused-ring (bicyclic) bond motifs is 2. The molecule has 0 spiro atoms. The predicted molar refractivity (Wildman–Crippen MR) is 144 cm³/mol. The van der Waals surface area contributed by atoms with Gasteiger partial charge in [-0.25, -0.2) is 13.9 Å². The highest BCUT2D eigenvalue weighted by Gasteiger charge is 2.80. The lowest BCUT2D eigenvalue weighted by molar-refractivity contribution is -0.149. The number of imidazole rings is 1. The van der Waals surface area contributed by atoms with E-state index in [4.69, 9.17) is 24.3 Å².